The van der Waals surface area contributed by atoms with Crippen LogP contribution >= 0.6 is 11.3 Å². The summed E-state index contributed by atoms with van der Waals surface area (Å²) in [5.74, 6) is 1.22. The standard InChI is InChI=1S/C21H21N5O3S/c1-3-29-21(27)12-4-5-14-17(8-12)30-20-18(14)19(22-11-23-20)25-15-9-13-6-7-24-26(13)10-16(15)28-2/h6-7,9-12H,3-5,8H2,1-2H3,(H,22,23,25). The highest BCUT2D eigenvalue weighted by atomic mass is 32.1. The summed E-state index contributed by atoms with van der Waals surface area (Å²) in [6.07, 6.45) is 7.43. The van der Waals surface area contributed by atoms with Crippen LogP contribution < -0.4 is 10.1 Å². The van der Waals surface area contributed by atoms with E-state index in [1.807, 2.05) is 25.3 Å². The quantitative estimate of drug-likeness (QED) is 0.489. The van der Waals surface area contributed by atoms with Crippen molar-refractivity contribution in [1.82, 2.24) is 19.6 Å². The molecular formula is C21H21N5O3S. The fourth-order valence-electron chi connectivity index (χ4n) is 4.00. The maximum Gasteiger partial charge on any atom is 0.309 e. The number of methoxy groups -OCH3 is 1. The first-order valence-corrected chi connectivity index (χ1v) is 10.7. The number of esters is 1. The zero-order chi connectivity index (χ0) is 20.7. The van der Waals surface area contributed by atoms with Crippen LogP contribution in [-0.4, -0.2) is 39.3 Å². The van der Waals surface area contributed by atoms with Crippen LogP contribution in [0.4, 0.5) is 11.5 Å². The molecule has 30 heavy (non-hydrogen) atoms. The van der Waals surface area contributed by atoms with E-state index in [4.69, 9.17) is 9.47 Å². The number of hydrogen-bond acceptors (Lipinski definition) is 8. The summed E-state index contributed by atoms with van der Waals surface area (Å²) in [5.41, 5.74) is 2.99. The number of nitrogens with zero attached hydrogens (tertiary/aromatic N) is 4. The first-order valence-electron chi connectivity index (χ1n) is 9.88. The van der Waals surface area contributed by atoms with Gasteiger partial charge in [0, 0.05) is 11.1 Å². The predicted octanol–water partition coefficient (Wildman–Crippen LogP) is 3.76. The summed E-state index contributed by atoms with van der Waals surface area (Å²) in [6, 6.07) is 3.91. The molecule has 4 aromatic rings. The molecule has 154 valence electrons. The molecule has 1 aliphatic carbocycles. The molecule has 4 heterocycles. The molecule has 0 fully saturated rings. The molecule has 0 saturated heterocycles. The number of anilines is 2. The second kappa shape index (κ2) is 7.56. The molecule has 1 aliphatic rings. The van der Waals surface area contributed by atoms with Gasteiger partial charge >= 0.3 is 5.97 Å². The number of fused-ring (bicyclic) bond motifs is 4. The molecule has 0 radical (unpaired) electrons. The molecule has 1 atom stereocenters. The number of carbonyl (C=O) groups is 1. The Labute approximate surface area is 176 Å². The van der Waals surface area contributed by atoms with E-state index in [2.05, 4.69) is 20.4 Å². The summed E-state index contributed by atoms with van der Waals surface area (Å²) in [5, 5.41) is 8.72. The van der Waals surface area contributed by atoms with E-state index in [1.165, 1.54) is 10.4 Å². The third kappa shape index (κ3) is 3.15. The summed E-state index contributed by atoms with van der Waals surface area (Å²) in [6.45, 7) is 2.26. The van der Waals surface area contributed by atoms with Crippen LogP contribution in [0.15, 0.2) is 30.9 Å². The fourth-order valence-corrected chi connectivity index (χ4v) is 5.27. The topological polar surface area (TPSA) is 90.6 Å². The van der Waals surface area contributed by atoms with E-state index in [9.17, 15) is 4.79 Å². The van der Waals surface area contributed by atoms with Gasteiger partial charge in [-0.1, -0.05) is 0 Å². The first kappa shape index (κ1) is 18.8. The number of aromatic nitrogens is 4. The van der Waals surface area contributed by atoms with Crippen molar-refractivity contribution in [3.63, 3.8) is 0 Å². The lowest BCUT2D eigenvalue weighted by Gasteiger charge is -2.20. The van der Waals surface area contributed by atoms with E-state index >= 15 is 0 Å². The van der Waals surface area contributed by atoms with Crippen molar-refractivity contribution in [2.24, 2.45) is 5.92 Å². The van der Waals surface area contributed by atoms with Crippen LogP contribution in [0.25, 0.3) is 15.7 Å². The van der Waals surface area contributed by atoms with Gasteiger partial charge < -0.3 is 14.8 Å². The van der Waals surface area contributed by atoms with E-state index in [0.717, 1.165) is 40.1 Å². The first-order chi connectivity index (χ1) is 14.7. The highest BCUT2D eigenvalue weighted by Gasteiger charge is 2.30. The lowest BCUT2D eigenvalue weighted by atomic mass is 9.88. The van der Waals surface area contributed by atoms with Gasteiger partial charge in [-0.05, 0) is 43.9 Å². The highest BCUT2D eigenvalue weighted by Crippen LogP contribution is 2.41. The minimum atomic E-state index is -0.108. The van der Waals surface area contributed by atoms with Crippen LogP contribution in [-0.2, 0) is 22.4 Å². The van der Waals surface area contributed by atoms with Crippen molar-refractivity contribution in [2.75, 3.05) is 19.0 Å². The highest BCUT2D eigenvalue weighted by molar-refractivity contribution is 7.19. The van der Waals surface area contributed by atoms with Gasteiger partial charge in [0.1, 0.15) is 17.0 Å². The van der Waals surface area contributed by atoms with Crippen LogP contribution in [0.5, 0.6) is 5.75 Å². The molecule has 1 unspecified atom stereocenters. The Kier molecular flexibility index (Phi) is 4.74. The van der Waals surface area contributed by atoms with Crippen molar-refractivity contribution in [3.05, 3.63) is 41.3 Å². The number of rotatable bonds is 5. The number of aryl methyl sites for hydroxylation is 1. The molecule has 0 spiro atoms. The molecule has 1 N–H and O–H groups in total. The average molecular weight is 423 g/mol. The maximum absolute atomic E-state index is 12.2. The summed E-state index contributed by atoms with van der Waals surface area (Å²) < 4.78 is 12.5. The Morgan fingerprint density at radius 3 is 3.13 bits per heavy atom. The monoisotopic (exact) mass is 423 g/mol. The van der Waals surface area contributed by atoms with Gasteiger partial charge in [0.25, 0.3) is 0 Å². The van der Waals surface area contributed by atoms with Crippen molar-refractivity contribution in [3.8, 4) is 5.75 Å². The third-order valence-electron chi connectivity index (χ3n) is 5.44. The van der Waals surface area contributed by atoms with Crippen LogP contribution in [0.2, 0.25) is 0 Å². The Balaban J connectivity index is 1.53. The number of thiophene rings is 1. The molecule has 4 aromatic heterocycles. The van der Waals surface area contributed by atoms with Gasteiger partial charge in [-0.3, -0.25) is 4.79 Å². The van der Waals surface area contributed by atoms with Gasteiger partial charge in [0.05, 0.1) is 42.4 Å². The number of pyridine rings is 1. The molecule has 0 saturated carbocycles. The Morgan fingerprint density at radius 1 is 1.40 bits per heavy atom. The van der Waals surface area contributed by atoms with Crippen molar-refractivity contribution >= 4 is 44.5 Å². The fraction of sp³-hybridized carbons (Fsp3) is 0.333. The Bertz CT molecular complexity index is 1250. The molecule has 0 aliphatic heterocycles. The number of hydrogen-bond donors (Lipinski definition) is 1. The second-order valence-corrected chi connectivity index (χ2v) is 8.26. The van der Waals surface area contributed by atoms with Crippen LogP contribution in [0.1, 0.15) is 23.8 Å². The molecule has 5 rings (SSSR count). The van der Waals surface area contributed by atoms with Gasteiger partial charge in [0.2, 0.25) is 0 Å². The maximum atomic E-state index is 12.2. The zero-order valence-electron chi connectivity index (χ0n) is 16.7. The molecule has 0 aromatic carbocycles. The van der Waals surface area contributed by atoms with Gasteiger partial charge in [0.15, 0.2) is 5.75 Å². The second-order valence-electron chi connectivity index (χ2n) is 7.18. The van der Waals surface area contributed by atoms with E-state index < -0.39 is 0 Å². The van der Waals surface area contributed by atoms with Gasteiger partial charge in [-0.15, -0.1) is 11.3 Å². The summed E-state index contributed by atoms with van der Waals surface area (Å²) in [7, 11) is 1.63. The van der Waals surface area contributed by atoms with Gasteiger partial charge in [-0.2, -0.15) is 5.10 Å². The minimum absolute atomic E-state index is 0.0840. The molecule has 8 nitrogen and oxygen atoms in total. The minimum Gasteiger partial charge on any atom is -0.493 e. The van der Waals surface area contributed by atoms with Crippen LogP contribution in [0.3, 0.4) is 0 Å². The van der Waals surface area contributed by atoms with E-state index in [1.54, 1.807) is 35.5 Å². The molecular weight excluding hydrogens is 402 g/mol. The molecule has 0 bridgehead atoms. The normalized spacial score (nSPS) is 15.9. The smallest absolute Gasteiger partial charge is 0.309 e. The largest absolute Gasteiger partial charge is 0.493 e. The number of carbonyl (C=O) groups excluding carboxylic acids is 1. The third-order valence-corrected chi connectivity index (χ3v) is 6.60. The lowest BCUT2D eigenvalue weighted by molar-refractivity contribution is -0.148. The van der Waals surface area contributed by atoms with Crippen molar-refractivity contribution in [1.29, 1.82) is 0 Å². The van der Waals surface area contributed by atoms with Gasteiger partial charge in [-0.25, -0.2) is 14.5 Å². The Hall–Kier alpha value is -3.20. The van der Waals surface area contributed by atoms with E-state index in [0.29, 0.717) is 18.8 Å². The lowest BCUT2D eigenvalue weighted by Crippen LogP contribution is -2.23. The predicted molar refractivity (Wildman–Crippen MR) is 115 cm³/mol. The molecule has 0 amide bonds. The number of ether oxygens (including phenoxy) is 2. The van der Waals surface area contributed by atoms with Crippen LogP contribution in [0, 0.1) is 5.92 Å². The number of nitrogens with one attached hydrogen (secondary N) is 1. The summed E-state index contributed by atoms with van der Waals surface area (Å²) >= 11 is 1.63. The SMILES string of the molecule is CCOC(=O)C1CCc2c(sc3ncnc(Nc4cc5ccnn5cc4OC)c23)C1. The van der Waals surface area contributed by atoms with Crippen molar-refractivity contribution in [2.45, 2.75) is 26.2 Å². The molecule has 9 heteroatoms. The average Bonchev–Trinajstić information content (AvgIpc) is 3.36. The Morgan fingerprint density at radius 2 is 2.30 bits per heavy atom. The zero-order valence-corrected chi connectivity index (χ0v) is 17.5. The van der Waals surface area contributed by atoms with Crippen molar-refractivity contribution < 1.29 is 14.3 Å². The van der Waals surface area contributed by atoms with E-state index in [-0.39, 0.29) is 11.9 Å². The summed E-state index contributed by atoms with van der Waals surface area (Å²) in [4.78, 5) is 23.3.